The van der Waals surface area contributed by atoms with Crippen LogP contribution in [0, 0.1) is 0 Å². The third-order valence-electron chi connectivity index (χ3n) is 17.2. The summed E-state index contributed by atoms with van der Waals surface area (Å²) in [5.74, 6) is 0. The monoisotopic (exact) mass is 1050 g/mol. The first kappa shape index (κ1) is 50.2. The molecule has 0 spiro atoms. The third-order valence-corrected chi connectivity index (χ3v) is 17.2. The van der Waals surface area contributed by atoms with Crippen LogP contribution in [0.2, 0.25) is 0 Å². The first-order chi connectivity index (χ1) is 39.1. The molecule has 0 fully saturated rings. The minimum atomic E-state index is -0.179. The van der Waals surface area contributed by atoms with Gasteiger partial charge in [0.05, 0.1) is 5.69 Å². The molecule has 0 amide bonds. The summed E-state index contributed by atoms with van der Waals surface area (Å²) in [7, 11) is 0. The zero-order chi connectivity index (χ0) is 55.5. The summed E-state index contributed by atoms with van der Waals surface area (Å²) in [6, 6.07) is 91.5. The van der Waals surface area contributed by atoms with Gasteiger partial charge in [-0.1, -0.05) is 214 Å². The Morgan fingerprint density at radius 2 is 0.864 bits per heavy atom. The Morgan fingerprint density at radius 3 is 1.48 bits per heavy atom. The van der Waals surface area contributed by atoms with Crippen molar-refractivity contribution < 1.29 is 0 Å². The van der Waals surface area contributed by atoms with Crippen molar-refractivity contribution in [2.75, 3.05) is 14.7 Å². The van der Waals surface area contributed by atoms with Gasteiger partial charge in [-0.15, -0.1) is 0 Å². The summed E-state index contributed by atoms with van der Waals surface area (Å²) in [4.78, 5) is 7.54. The largest absolute Gasteiger partial charge is 0.375 e. The lowest BCUT2D eigenvalue weighted by Crippen LogP contribution is -2.56. The molecule has 0 saturated heterocycles. The summed E-state index contributed by atoms with van der Waals surface area (Å²) in [5.41, 5.74) is 23.6. The lowest BCUT2D eigenvalue weighted by molar-refractivity contribution is 0.590. The second kappa shape index (κ2) is 18.8. The maximum absolute atomic E-state index is 2.70. The van der Waals surface area contributed by atoms with E-state index in [0.29, 0.717) is 0 Å². The molecule has 0 N–H and O–H groups in total. The van der Waals surface area contributed by atoms with Crippen molar-refractivity contribution in [3.63, 3.8) is 0 Å². The van der Waals surface area contributed by atoms with Crippen molar-refractivity contribution in [3.05, 3.63) is 259 Å². The van der Waals surface area contributed by atoms with E-state index in [1.807, 2.05) is 0 Å². The van der Waals surface area contributed by atoms with E-state index in [9.17, 15) is 0 Å². The number of rotatable bonds is 8. The molecular formula is C76H67BN4. The molecule has 4 nitrogen and oxygen atoms in total. The number of hydrogen-bond acceptors (Lipinski definition) is 3. The fourth-order valence-electron chi connectivity index (χ4n) is 13.0. The van der Waals surface area contributed by atoms with Crippen molar-refractivity contribution in [1.82, 2.24) is 4.48 Å². The van der Waals surface area contributed by atoms with Gasteiger partial charge in [0.1, 0.15) is 0 Å². The van der Waals surface area contributed by atoms with Gasteiger partial charge in [-0.05, 0) is 157 Å². The summed E-state index contributed by atoms with van der Waals surface area (Å²) in [6.45, 7) is 20.6. The predicted molar refractivity (Wildman–Crippen MR) is 348 cm³/mol. The SMILES string of the molecule is CC(C)(C)c1ccc(N(c2ccc(C(C)(C)C)cc2)c2cc3c4c(c2)N(c2ccc(C(C)(C)C)cc2-c2ccccc2)c2cc(N(c5ccccc5)c5ccccc5)ccc2B4n2c4ccc5ccccc5c4c4cccc-3c42)cc1. The highest BCUT2D eigenvalue weighted by atomic mass is 15.2. The van der Waals surface area contributed by atoms with Gasteiger partial charge in [-0.25, -0.2) is 0 Å². The number of nitrogens with zero attached hydrogens (tertiary/aromatic N) is 4. The molecule has 81 heavy (non-hydrogen) atoms. The van der Waals surface area contributed by atoms with Crippen molar-refractivity contribution >= 4 is 102 Å². The highest BCUT2D eigenvalue weighted by Gasteiger charge is 2.44. The number of benzene rings is 11. The molecule has 3 heterocycles. The molecule has 2 aliphatic heterocycles. The number of hydrogen-bond donors (Lipinski definition) is 0. The molecular weight excluding hydrogens is 980 g/mol. The van der Waals surface area contributed by atoms with E-state index in [0.717, 1.165) is 51.2 Å². The molecule has 12 aromatic rings. The van der Waals surface area contributed by atoms with E-state index >= 15 is 0 Å². The average molecular weight is 1050 g/mol. The Morgan fingerprint density at radius 1 is 0.346 bits per heavy atom. The van der Waals surface area contributed by atoms with Crippen LogP contribution in [-0.4, -0.2) is 11.3 Å². The fraction of sp³-hybridized carbons (Fsp3) is 0.158. The number of para-hydroxylation sites is 3. The molecule has 0 aliphatic carbocycles. The van der Waals surface area contributed by atoms with Crippen molar-refractivity contribution in [2.45, 2.75) is 78.6 Å². The highest BCUT2D eigenvalue weighted by molar-refractivity contribution is 6.90. The number of anilines is 9. The van der Waals surface area contributed by atoms with Gasteiger partial charge >= 0.3 is 6.85 Å². The molecule has 0 bridgehead atoms. The molecule has 14 rings (SSSR count). The molecule has 11 aromatic carbocycles. The lowest BCUT2D eigenvalue weighted by Gasteiger charge is -2.42. The maximum atomic E-state index is 2.70. The predicted octanol–water partition coefficient (Wildman–Crippen LogP) is 19.9. The van der Waals surface area contributed by atoms with Crippen LogP contribution >= 0.6 is 0 Å². The Kier molecular flexibility index (Phi) is 11.6. The molecule has 0 atom stereocenters. The van der Waals surface area contributed by atoms with Crippen LogP contribution in [0.25, 0.3) is 54.8 Å². The van der Waals surface area contributed by atoms with Crippen LogP contribution in [-0.2, 0) is 16.2 Å². The second-order valence-corrected chi connectivity index (χ2v) is 25.4. The van der Waals surface area contributed by atoms with Gasteiger partial charge in [-0.2, -0.15) is 0 Å². The van der Waals surface area contributed by atoms with Gasteiger partial charge in [0.15, 0.2) is 0 Å². The zero-order valence-electron chi connectivity index (χ0n) is 48.0. The van der Waals surface area contributed by atoms with E-state index in [-0.39, 0.29) is 23.1 Å². The van der Waals surface area contributed by atoms with E-state index in [4.69, 9.17) is 0 Å². The Labute approximate surface area is 478 Å². The molecule has 1 aromatic heterocycles. The van der Waals surface area contributed by atoms with Crippen molar-refractivity contribution in [2.24, 2.45) is 0 Å². The molecule has 5 heteroatoms. The normalized spacial score (nSPS) is 13.0. The Bertz CT molecular complexity index is 4290. The molecule has 2 aliphatic rings. The summed E-state index contributed by atoms with van der Waals surface area (Å²) >= 11 is 0. The summed E-state index contributed by atoms with van der Waals surface area (Å²) in [5, 5.41) is 5.08. The average Bonchev–Trinajstić information content (AvgIpc) is 4.09. The molecule has 0 unspecified atom stereocenters. The number of fused-ring (bicyclic) bond motifs is 9. The Hall–Kier alpha value is -9.06. The van der Waals surface area contributed by atoms with E-state index in [1.54, 1.807) is 0 Å². The van der Waals surface area contributed by atoms with Crippen molar-refractivity contribution in [3.8, 4) is 22.3 Å². The van der Waals surface area contributed by atoms with Gasteiger partial charge in [0.2, 0.25) is 0 Å². The smallest absolute Gasteiger partial charge is 0.333 e. The van der Waals surface area contributed by atoms with Gasteiger partial charge in [-0.3, -0.25) is 0 Å². The van der Waals surface area contributed by atoms with Gasteiger partial charge < -0.3 is 19.2 Å². The van der Waals surface area contributed by atoms with Gasteiger partial charge in [0, 0.05) is 78.4 Å². The Balaban J connectivity index is 1.14. The van der Waals surface area contributed by atoms with Gasteiger partial charge in [0.25, 0.3) is 0 Å². The molecule has 394 valence electrons. The topological polar surface area (TPSA) is 14.7 Å². The molecule has 0 radical (unpaired) electrons. The van der Waals surface area contributed by atoms with Crippen LogP contribution in [0.4, 0.5) is 51.2 Å². The minimum absolute atomic E-state index is 0.00642. The minimum Gasteiger partial charge on any atom is -0.375 e. The fourth-order valence-corrected chi connectivity index (χ4v) is 13.0. The zero-order valence-corrected chi connectivity index (χ0v) is 48.0. The van der Waals surface area contributed by atoms with Crippen LogP contribution in [0.5, 0.6) is 0 Å². The second-order valence-electron chi connectivity index (χ2n) is 25.4. The maximum Gasteiger partial charge on any atom is 0.333 e. The van der Waals surface area contributed by atoms with Crippen LogP contribution in [0.1, 0.15) is 79.0 Å². The lowest BCUT2D eigenvalue weighted by atomic mass is 9.45. The molecule has 0 saturated carbocycles. The van der Waals surface area contributed by atoms with E-state index in [2.05, 4.69) is 324 Å². The quantitative estimate of drug-likeness (QED) is 0.141. The summed E-state index contributed by atoms with van der Waals surface area (Å²) < 4.78 is 2.70. The highest BCUT2D eigenvalue weighted by Crippen LogP contribution is 2.52. The van der Waals surface area contributed by atoms with Crippen LogP contribution < -0.4 is 25.6 Å². The van der Waals surface area contributed by atoms with Crippen LogP contribution in [0.3, 0.4) is 0 Å². The summed E-state index contributed by atoms with van der Waals surface area (Å²) in [6.07, 6.45) is 0. The van der Waals surface area contributed by atoms with E-state index in [1.165, 1.54) is 82.4 Å². The van der Waals surface area contributed by atoms with Crippen molar-refractivity contribution in [1.29, 1.82) is 0 Å². The first-order valence-corrected chi connectivity index (χ1v) is 28.8. The van der Waals surface area contributed by atoms with E-state index < -0.39 is 0 Å². The van der Waals surface area contributed by atoms with Crippen LogP contribution in [0.15, 0.2) is 243 Å². The first-order valence-electron chi connectivity index (χ1n) is 28.8. The standard InChI is InChI=1S/C76H67BN4/c1-74(2,3)52-33-38-57(39-34-52)79(58-40-35-53(36-41-58)75(4,5)6)60-47-65-62-30-21-31-63-71-61-29-20-19-24-51(61)32-44-68(71)81(73(62)63)77-66-43-42-59(78(55-25-15-11-16-26-55)56-27-17-12-18-28-56)48-69(66)80(70(49-60)72(65)77)67-45-37-54(76(7,8)9)46-64(67)50-22-13-10-14-23-50/h10-49H,1-9H3. The third kappa shape index (κ3) is 8.35. The number of aromatic nitrogens is 1.